The molecule has 0 aromatic carbocycles. The smallest absolute Gasteiger partial charge is 0.0620 e. The lowest BCUT2D eigenvalue weighted by Crippen LogP contribution is -2.61. The fourth-order valence-electron chi connectivity index (χ4n) is 3.96. The van der Waals surface area contributed by atoms with Gasteiger partial charge in [0.2, 0.25) is 0 Å². The van der Waals surface area contributed by atoms with Crippen molar-refractivity contribution in [2.75, 3.05) is 0 Å². The standard InChI is InChI=1S/C19H25NO/c1-3-5-7-10-16-11-8-14-19(20-16)15-9-13-18(21)17(19)12-6-4-2/h1-2,5-7,12,16-18,20-21H,8-11,13-15H2/t16-,17+,18-,19+/m0/s1. The lowest BCUT2D eigenvalue weighted by atomic mass is 9.66. The molecule has 1 spiro atoms. The highest BCUT2D eigenvalue weighted by atomic mass is 16.3. The van der Waals surface area contributed by atoms with Crippen LogP contribution in [0.2, 0.25) is 0 Å². The Labute approximate surface area is 128 Å². The monoisotopic (exact) mass is 283 g/mol. The van der Waals surface area contributed by atoms with Crippen LogP contribution in [0.15, 0.2) is 24.3 Å². The van der Waals surface area contributed by atoms with Crippen LogP contribution in [-0.4, -0.2) is 22.8 Å². The van der Waals surface area contributed by atoms with Crippen molar-refractivity contribution in [3.8, 4) is 24.7 Å². The quantitative estimate of drug-likeness (QED) is 0.781. The summed E-state index contributed by atoms with van der Waals surface area (Å²) in [5.41, 5.74) is -0.00207. The van der Waals surface area contributed by atoms with Crippen LogP contribution < -0.4 is 5.32 Å². The Morgan fingerprint density at radius 3 is 2.57 bits per heavy atom. The molecule has 0 aromatic rings. The molecule has 1 aliphatic carbocycles. The average molecular weight is 283 g/mol. The molecule has 112 valence electrons. The number of nitrogens with one attached hydrogen (secondary N) is 1. The van der Waals surface area contributed by atoms with Gasteiger partial charge < -0.3 is 10.4 Å². The van der Waals surface area contributed by atoms with Crippen LogP contribution in [0.1, 0.15) is 44.9 Å². The van der Waals surface area contributed by atoms with Crippen molar-refractivity contribution in [2.45, 2.75) is 62.6 Å². The summed E-state index contributed by atoms with van der Waals surface area (Å²) >= 11 is 0. The van der Waals surface area contributed by atoms with E-state index in [1.165, 1.54) is 12.8 Å². The van der Waals surface area contributed by atoms with Gasteiger partial charge in [-0.3, -0.25) is 0 Å². The van der Waals surface area contributed by atoms with E-state index in [4.69, 9.17) is 12.8 Å². The third kappa shape index (κ3) is 3.79. The first kappa shape index (κ1) is 15.9. The van der Waals surface area contributed by atoms with Crippen LogP contribution >= 0.6 is 0 Å². The molecule has 1 heterocycles. The molecule has 1 saturated heterocycles. The van der Waals surface area contributed by atoms with Crippen LogP contribution in [0.5, 0.6) is 0 Å². The number of aliphatic hydroxyl groups is 1. The Morgan fingerprint density at radius 2 is 1.86 bits per heavy atom. The van der Waals surface area contributed by atoms with Crippen molar-refractivity contribution >= 4 is 0 Å². The third-order valence-corrected chi connectivity index (χ3v) is 4.88. The van der Waals surface area contributed by atoms with Crippen molar-refractivity contribution in [3.05, 3.63) is 24.3 Å². The molecule has 4 atom stereocenters. The van der Waals surface area contributed by atoms with Gasteiger partial charge in [0.05, 0.1) is 6.10 Å². The first-order valence-electron chi connectivity index (χ1n) is 7.91. The minimum Gasteiger partial charge on any atom is -0.392 e. The maximum absolute atomic E-state index is 10.4. The molecule has 2 nitrogen and oxygen atoms in total. The van der Waals surface area contributed by atoms with Gasteiger partial charge in [-0.05, 0) is 50.7 Å². The highest BCUT2D eigenvalue weighted by Crippen LogP contribution is 2.41. The van der Waals surface area contributed by atoms with Gasteiger partial charge in [-0.1, -0.05) is 30.4 Å². The van der Waals surface area contributed by atoms with Crippen molar-refractivity contribution in [2.24, 2.45) is 5.92 Å². The highest BCUT2D eigenvalue weighted by molar-refractivity contribution is 5.18. The summed E-state index contributed by atoms with van der Waals surface area (Å²) in [6.07, 6.45) is 25.4. The second-order valence-corrected chi connectivity index (χ2v) is 6.21. The first-order chi connectivity index (χ1) is 10.2. The maximum Gasteiger partial charge on any atom is 0.0620 e. The van der Waals surface area contributed by atoms with E-state index >= 15 is 0 Å². The molecule has 21 heavy (non-hydrogen) atoms. The summed E-state index contributed by atoms with van der Waals surface area (Å²) in [7, 11) is 0. The summed E-state index contributed by atoms with van der Waals surface area (Å²) < 4.78 is 0. The van der Waals surface area contributed by atoms with Crippen LogP contribution in [0.4, 0.5) is 0 Å². The Morgan fingerprint density at radius 1 is 1.14 bits per heavy atom. The number of rotatable bonds is 3. The molecule has 2 rings (SSSR count). The van der Waals surface area contributed by atoms with E-state index in [1.807, 2.05) is 6.08 Å². The second-order valence-electron chi connectivity index (χ2n) is 6.21. The minimum atomic E-state index is -0.296. The lowest BCUT2D eigenvalue weighted by molar-refractivity contribution is 0.00394. The number of piperidine rings is 1. The Kier molecular flexibility index (Phi) is 5.68. The van der Waals surface area contributed by atoms with Crippen molar-refractivity contribution in [3.63, 3.8) is 0 Å². The summed E-state index contributed by atoms with van der Waals surface area (Å²) in [6, 6.07) is 0.440. The Bertz CT molecular complexity index is 475. The van der Waals surface area contributed by atoms with Gasteiger partial charge in [-0.25, -0.2) is 0 Å². The molecule has 2 fully saturated rings. The molecular weight excluding hydrogens is 258 g/mol. The SMILES string of the molecule is C#CC=CC[C@H]1CCC[C@]2(CCC[C@H](O)[C@H]2C=CC#C)N1. The highest BCUT2D eigenvalue weighted by Gasteiger charge is 2.45. The Hall–Kier alpha value is -1.48. The first-order valence-corrected chi connectivity index (χ1v) is 7.91. The predicted molar refractivity (Wildman–Crippen MR) is 87.4 cm³/mol. The summed E-state index contributed by atoms with van der Waals surface area (Å²) in [4.78, 5) is 0. The second kappa shape index (κ2) is 7.51. The van der Waals surface area contributed by atoms with E-state index in [9.17, 15) is 5.11 Å². The molecule has 0 bridgehead atoms. The number of terminal acetylenes is 2. The van der Waals surface area contributed by atoms with E-state index in [2.05, 4.69) is 23.2 Å². The van der Waals surface area contributed by atoms with Gasteiger partial charge in [0.1, 0.15) is 0 Å². The third-order valence-electron chi connectivity index (χ3n) is 4.88. The van der Waals surface area contributed by atoms with E-state index in [0.717, 1.165) is 32.1 Å². The number of allylic oxidation sites excluding steroid dienone is 2. The van der Waals surface area contributed by atoms with Gasteiger partial charge >= 0.3 is 0 Å². The maximum atomic E-state index is 10.4. The largest absolute Gasteiger partial charge is 0.392 e. The molecular formula is C19H25NO. The molecule has 0 amide bonds. The van der Waals surface area contributed by atoms with Gasteiger partial charge in [0, 0.05) is 17.5 Å². The molecule has 2 N–H and O–H groups in total. The number of aliphatic hydroxyl groups excluding tert-OH is 1. The van der Waals surface area contributed by atoms with Crippen molar-refractivity contribution in [1.29, 1.82) is 0 Å². The number of hydrogen-bond donors (Lipinski definition) is 2. The molecule has 0 aromatic heterocycles. The fourth-order valence-corrected chi connectivity index (χ4v) is 3.96. The van der Waals surface area contributed by atoms with Crippen LogP contribution in [0, 0.1) is 30.6 Å². The van der Waals surface area contributed by atoms with E-state index in [0.29, 0.717) is 6.04 Å². The molecule has 1 aliphatic heterocycles. The van der Waals surface area contributed by atoms with Gasteiger partial charge in [-0.2, -0.15) is 0 Å². The number of hydrogen-bond acceptors (Lipinski definition) is 2. The van der Waals surface area contributed by atoms with Crippen LogP contribution in [-0.2, 0) is 0 Å². The molecule has 0 unspecified atom stereocenters. The van der Waals surface area contributed by atoms with E-state index in [1.54, 1.807) is 12.2 Å². The lowest BCUT2D eigenvalue weighted by Gasteiger charge is -2.51. The zero-order valence-corrected chi connectivity index (χ0v) is 12.6. The van der Waals surface area contributed by atoms with Gasteiger partial charge in [0.15, 0.2) is 0 Å². The zero-order valence-electron chi connectivity index (χ0n) is 12.6. The molecule has 0 radical (unpaired) electrons. The summed E-state index contributed by atoms with van der Waals surface area (Å²) in [6.45, 7) is 0. The normalized spacial score (nSPS) is 36.8. The van der Waals surface area contributed by atoms with Crippen LogP contribution in [0.25, 0.3) is 0 Å². The Balaban J connectivity index is 2.13. The zero-order chi connectivity index (χ0) is 15.1. The van der Waals surface area contributed by atoms with Crippen molar-refractivity contribution in [1.82, 2.24) is 5.32 Å². The predicted octanol–water partition coefficient (Wildman–Crippen LogP) is 2.80. The average Bonchev–Trinajstić information content (AvgIpc) is 2.47. The minimum absolute atomic E-state index is 0.00207. The van der Waals surface area contributed by atoms with E-state index < -0.39 is 0 Å². The van der Waals surface area contributed by atoms with Crippen molar-refractivity contribution < 1.29 is 5.11 Å². The topological polar surface area (TPSA) is 32.3 Å². The molecule has 2 heteroatoms. The fraction of sp³-hybridized carbons (Fsp3) is 0.579. The van der Waals surface area contributed by atoms with Gasteiger partial charge in [0.25, 0.3) is 0 Å². The van der Waals surface area contributed by atoms with Gasteiger partial charge in [-0.15, -0.1) is 12.8 Å². The summed E-state index contributed by atoms with van der Waals surface area (Å²) in [5, 5.41) is 14.2. The molecule has 2 aliphatic rings. The van der Waals surface area contributed by atoms with E-state index in [-0.39, 0.29) is 17.6 Å². The van der Waals surface area contributed by atoms with Crippen LogP contribution in [0.3, 0.4) is 0 Å². The summed E-state index contributed by atoms with van der Waals surface area (Å²) in [5.74, 6) is 5.21. The molecule has 1 saturated carbocycles.